The maximum absolute atomic E-state index is 12.6. The van der Waals surface area contributed by atoms with Gasteiger partial charge < -0.3 is 9.80 Å². The van der Waals surface area contributed by atoms with E-state index in [1.165, 1.54) is 5.01 Å². The lowest BCUT2D eigenvalue weighted by Crippen LogP contribution is -2.42. The summed E-state index contributed by atoms with van der Waals surface area (Å²) in [6.07, 6.45) is 3.51. The van der Waals surface area contributed by atoms with Crippen molar-refractivity contribution in [1.29, 1.82) is 0 Å². The molecule has 118 valence electrons. The molecule has 22 heavy (non-hydrogen) atoms. The fourth-order valence-electron chi connectivity index (χ4n) is 2.69. The zero-order valence-corrected chi connectivity index (χ0v) is 13.4. The maximum atomic E-state index is 12.6. The van der Waals surface area contributed by atoms with Gasteiger partial charge in [-0.15, -0.1) is 11.3 Å². The predicted molar refractivity (Wildman–Crippen MR) is 85.0 cm³/mol. The topological polar surface area (TPSA) is 69.1 Å². The molecule has 8 heteroatoms. The van der Waals surface area contributed by atoms with E-state index in [2.05, 4.69) is 15.0 Å². The fraction of sp³-hybridized carbons (Fsp3) is 0.571. The van der Waals surface area contributed by atoms with Crippen molar-refractivity contribution in [2.45, 2.75) is 19.3 Å². The van der Waals surface area contributed by atoms with Crippen molar-refractivity contribution < 1.29 is 9.59 Å². The first kappa shape index (κ1) is 15.0. The van der Waals surface area contributed by atoms with E-state index in [9.17, 15) is 9.59 Å². The second-order valence-electron chi connectivity index (χ2n) is 5.41. The Hall–Kier alpha value is -1.96. The zero-order valence-electron chi connectivity index (χ0n) is 12.6. The monoisotopic (exact) mass is 321 g/mol. The van der Waals surface area contributed by atoms with Crippen LogP contribution in [0.1, 0.15) is 19.3 Å². The molecule has 1 fully saturated rings. The Labute approximate surface area is 133 Å². The van der Waals surface area contributed by atoms with Gasteiger partial charge in [0.15, 0.2) is 5.13 Å². The molecule has 0 aromatic carbocycles. The summed E-state index contributed by atoms with van der Waals surface area (Å²) in [5, 5.41) is 8.37. The summed E-state index contributed by atoms with van der Waals surface area (Å²) in [5.74, 6) is -0.0808. The number of nitrogens with zero attached hydrogens (tertiary/aromatic N) is 5. The number of amides is 2. The van der Waals surface area contributed by atoms with Crippen LogP contribution in [0.15, 0.2) is 16.7 Å². The van der Waals surface area contributed by atoms with Crippen molar-refractivity contribution in [3.05, 3.63) is 11.6 Å². The summed E-state index contributed by atoms with van der Waals surface area (Å²) in [6.45, 7) is 3.07. The van der Waals surface area contributed by atoms with Crippen LogP contribution in [0, 0.1) is 0 Å². The van der Waals surface area contributed by atoms with Crippen LogP contribution in [0.3, 0.4) is 0 Å². The van der Waals surface area contributed by atoms with Crippen molar-refractivity contribution in [1.82, 2.24) is 14.9 Å². The van der Waals surface area contributed by atoms with E-state index >= 15 is 0 Å². The summed E-state index contributed by atoms with van der Waals surface area (Å²) in [5.41, 5.74) is 0.491. The van der Waals surface area contributed by atoms with E-state index in [1.54, 1.807) is 24.6 Å². The molecule has 2 aliphatic heterocycles. The first-order valence-electron chi connectivity index (χ1n) is 7.43. The molecule has 3 heterocycles. The summed E-state index contributed by atoms with van der Waals surface area (Å²) >= 11 is 1.62. The van der Waals surface area contributed by atoms with Gasteiger partial charge in [0.05, 0.1) is 0 Å². The Bertz CT molecular complexity index is 586. The van der Waals surface area contributed by atoms with Crippen LogP contribution >= 0.6 is 11.3 Å². The van der Waals surface area contributed by atoms with Crippen molar-refractivity contribution in [3.8, 4) is 0 Å². The SMILES string of the molecule is CN1N=C(C(=O)N2CCCN(c3nccs3)CC2)CCC1=O. The third-order valence-electron chi connectivity index (χ3n) is 3.93. The predicted octanol–water partition coefficient (Wildman–Crippen LogP) is 0.790. The van der Waals surface area contributed by atoms with E-state index in [4.69, 9.17) is 0 Å². The Morgan fingerprint density at radius 2 is 2.09 bits per heavy atom. The van der Waals surface area contributed by atoms with Gasteiger partial charge in [0.25, 0.3) is 5.91 Å². The lowest BCUT2D eigenvalue weighted by atomic mass is 10.1. The number of carbonyl (C=O) groups excluding carboxylic acids is 2. The smallest absolute Gasteiger partial charge is 0.270 e. The van der Waals surface area contributed by atoms with Gasteiger partial charge in [0, 0.05) is 57.6 Å². The van der Waals surface area contributed by atoms with Gasteiger partial charge in [-0.2, -0.15) is 5.10 Å². The molecule has 1 saturated heterocycles. The number of hydrazone groups is 1. The lowest BCUT2D eigenvalue weighted by Gasteiger charge is -2.25. The first-order chi connectivity index (χ1) is 10.6. The number of carbonyl (C=O) groups is 2. The number of aromatic nitrogens is 1. The highest BCUT2D eigenvalue weighted by atomic mass is 32.1. The number of thiazole rings is 1. The standard InChI is InChI=1S/C14H19N5O2S/c1-17-12(20)4-3-11(16-17)13(21)18-6-2-7-19(9-8-18)14-15-5-10-22-14/h5,10H,2-4,6-9H2,1H3. The van der Waals surface area contributed by atoms with Crippen LogP contribution in [-0.2, 0) is 9.59 Å². The molecule has 2 aliphatic rings. The van der Waals surface area contributed by atoms with Crippen LogP contribution in [0.4, 0.5) is 5.13 Å². The molecule has 0 unspecified atom stereocenters. The van der Waals surface area contributed by atoms with E-state index < -0.39 is 0 Å². The molecule has 7 nitrogen and oxygen atoms in total. The third-order valence-corrected chi connectivity index (χ3v) is 4.76. The van der Waals surface area contributed by atoms with Gasteiger partial charge in [0.2, 0.25) is 5.91 Å². The van der Waals surface area contributed by atoms with Crippen molar-refractivity contribution in [2.75, 3.05) is 38.1 Å². The number of anilines is 1. The summed E-state index contributed by atoms with van der Waals surface area (Å²) in [7, 11) is 1.60. The quantitative estimate of drug-likeness (QED) is 0.807. The second-order valence-corrected chi connectivity index (χ2v) is 6.28. The second kappa shape index (κ2) is 6.43. The van der Waals surface area contributed by atoms with Crippen molar-refractivity contribution in [3.63, 3.8) is 0 Å². The van der Waals surface area contributed by atoms with E-state index in [1.807, 2.05) is 10.3 Å². The summed E-state index contributed by atoms with van der Waals surface area (Å²) in [6, 6.07) is 0. The molecule has 0 saturated carbocycles. The van der Waals surface area contributed by atoms with Gasteiger partial charge in [-0.25, -0.2) is 9.99 Å². The Morgan fingerprint density at radius 3 is 2.82 bits per heavy atom. The van der Waals surface area contributed by atoms with E-state index in [0.29, 0.717) is 25.1 Å². The molecule has 0 N–H and O–H groups in total. The van der Waals surface area contributed by atoms with Gasteiger partial charge >= 0.3 is 0 Å². The first-order valence-corrected chi connectivity index (χ1v) is 8.31. The highest BCUT2D eigenvalue weighted by Crippen LogP contribution is 2.19. The van der Waals surface area contributed by atoms with Gasteiger partial charge in [-0.05, 0) is 6.42 Å². The molecule has 0 bridgehead atoms. The summed E-state index contributed by atoms with van der Waals surface area (Å²) in [4.78, 5) is 32.4. The van der Waals surface area contributed by atoms with E-state index in [0.717, 1.165) is 31.2 Å². The van der Waals surface area contributed by atoms with E-state index in [-0.39, 0.29) is 11.8 Å². The summed E-state index contributed by atoms with van der Waals surface area (Å²) < 4.78 is 0. The molecule has 0 atom stereocenters. The third kappa shape index (κ3) is 3.11. The van der Waals surface area contributed by atoms with Gasteiger partial charge in [0.1, 0.15) is 5.71 Å². The van der Waals surface area contributed by atoms with Crippen molar-refractivity contribution in [2.24, 2.45) is 5.10 Å². The molecule has 1 aromatic heterocycles. The molecule has 0 spiro atoms. The van der Waals surface area contributed by atoms with Crippen molar-refractivity contribution >= 4 is 34.0 Å². The molecular weight excluding hydrogens is 302 g/mol. The van der Waals surface area contributed by atoms with Crippen LogP contribution < -0.4 is 4.90 Å². The maximum Gasteiger partial charge on any atom is 0.270 e. The molecule has 0 aliphatic carbocycles. The van der Waals surface area contributed by atoms with Crippen LogP contribution in [0.5, 0.6) is 0 Å². The highest BCUT2D eigenvalue weighted by Gasteiger charge is 2.27. The van der Waals surface area contributed by atoms with Gasteiger partial charge in [-0.1, -0.05) is 0 Å². The largest absolute Gasteiger partial charge is 0.346 e. The fourth-order valence-corrected chi connectivity index (χ4v) is 3.39. The molecule has 1 aromatic rings. The van der Waals surface area contributed by atoms with Gasteiger partial charge in [-0.3, -0.25) is 9.59 Å². The molecule has 3 rings (SSSR count). The minimum atomic E-state index is -0.0414. The zero-order chi connectivity index (χ0) is 15.5. The number of hydrogen-bond acceptors (Lipinski definition) is 6. The molecular formula is C14H19N5O2S. The minimum Gasteiger partial charge on any atom is -0.346 e. The average molecular weight is 321 g/mol. The highest BCUT2D eigenvalue weighted by molar-refractivity contribution is 7.13. The minimum absolute atomic E-state index is 0.0395. The number of hydrogen-bond donors (Lipinski definition) is 0. The van der Waals surface area contributed by atoms with Crippen LogP contribution in [0.2, 0.25) is 0 Å². The normalized spacial score (nSPS) is 20.0. The number of rotatable bonds is 2. The molecule has 2 amide bonds. The lowest BCUT2D eigenvalue weighted by molar-refractivity contribution is -0.130. The van der Waals surface area contributed by atoms with Crippen LogP contribution in [-0.4, -0.2) is 65.6 Å². The Kier molecular flexibility index (Phi) is 4.37. The van der Waals surface area contributed by atoms with Crippen LogP contribution in [0.25, 0.3) is 0 Å². The molecule has 0 radical (unpaired) electrons. The Balaban J connectivity index is 1.64. The average Bonchev–Trinajstić information content (AvgIpc) is 2.94. The Morgan fingerprint density at radius 1 is 1.23 bits per heavy atom.